The van der Waals surface area contributed by atoms with Crippen LogP contribution in [0.2, 0.25) is 0 Å². The molecule has 1 saturated carbocycles. The number of nitrogens with one attached hydrogen (secondary N) is 1. The Kier molecular flexibility index (Phi) is 4.46. The van der Waals surface area contributed by atoms with Gasteiger partial charge in [-0.15, -0.1) is 0 Å². The zero-order chi connectivity index (χ0) is 13.9. The van der Waals surface area contributed by atoms with Crippen LogP contribution in [0, 0.1) is 11.2 Å². The van der Waals surface area contributed by atoms with Gasteiger partial charge in [0.25, 0.3) is 0 Å². The summed E-state index contributed by atoms with van der Waals surface area (Å²) in [4.78, 5) is 0. The van der Waals surface area contributed by atoms with Crippen molar-refractivity contribution in [2.75, 3.05) is 13.7 Å². The van der Waals surface area contributed by atoms with Gasteiger partial charge in [-0.25, -0.2) is 4.39 Å². The smallest absolute Gasteiger partial charge is 0.168 e. The second-order valence-corrected chi connectivity index (χ2v) is 5.92. The summed E-state index contributed by atoms with van der Waals surface area (Å²) in [6, 6.07) is 6.02. The van der Waals surface area contributed by atoms with Crippen molar-refractivity contribution in [2.24, 2.45) is 5.41 Å². The van der Waals surface area contributed by atoms with Crippen molar-refractivity contribution in [3.63, 3.8) is 0 Å². The summed E-state index contributed by atoms with van der Waals surface area (Å²) in [5.41, 5.74) is 0.971. The highest BCUT2D eigenvalue weighted by Crippen LogP contribution is 2.41. The lowest BCUT2D eigenvalue weighted by Gasteiger charge is -2.25. The number of hydrogen-bond acceptors (Lipinski definition) is 2. The van der Waals surface area contributed by atoms with Crippen molar-refractivity contribution in [3.05, 3.63) is 29.6 Å². The molecule has 1 aliphatic carbocycles. The Balaban J connectivity index is 2.09. The van der Waals surface area contributed by atoms with Gasteiger partial charge >= 0.3 is 0 Å². The molecule has 0 aliphatic heterocycles. The van der Waals surface area contributed by atoms with Crippen molar-refractivity contribution in [1.29, 1.82) is 0 Å². The van der Waals surface area contributed by atoms with E-state index in [9.17, 15) is 4.39 Å². The number of rotatable bonds is 5. The Labute approximate surface area is 115 Å². The molecule has 0 aromatic heterocycles. The lowest BCUT2D eigenvalue weighted by molar-refractivity contribution is 0.314. The zero-order valence-corrected chi connectivity index (χ0v) is 12.1. The molecule has 0 bridgehead atoms. The molecule has 0 heterocycles. The van der Waals surface area contributed by atoms with Crippen LogP contribution < -0.4 is 10.1 Å². The molecule has 2 nitrogen and oxygen atoms in total. The number of benzene rings is 1. The van der Waals surface area contributed by atoms with E-state index >= 15 is 0 Å². The minimum absolute atomic E-state index is 0.194. The van der Waals surface area contributed by atoms with Gasteiger partial charge in [-0.05, 0) is 49.3 Å². The Morgan fingerprint density at radius 3 is 2.95 bits per heavy atom. The molecule has 0 amide bonds. The van der Waals surface area contributed by atoms with Crippen LogP contribution in [0.4, 0.5) is 4.39 Å². The maximum absolute atomic E-state index is 14.2. The highest BCUT2D eigenvalue weighted by molar-refractivity contribution is 5.31. The summed E-state index contributed by atoms with van der Waals surface area (Å²) >= 11 is 0. The Bertz CT molecular complexity index is 435. The number of ether oxygens (including phenoxy) is 1. The Hall–Kier alpha value is -1.09. The second-order valence-electron chi connectivity index (χ2n) is 5.92. The quantitative estimate of drug-likeness (QED) is 0.879. The Morgan fingerprint density at radius 1 is 1.47 bits per heavy atom. The summed E-state index contributed by atoms with van der Waals surface area (Å²) in [5.74, 6) is 0.153. The standard InChI is InChI=1S/C16H24FNO/c1-4-18-13-8-9-16(2,11-13)10-12-6-5-7-14(19-3)15(12)17/h5-7,13,18H,4,8-11H2,1-3H3. The fourth-order valence-corrected chi connectivity index (χ4v) is 3.26. The molecular weight excluding hydrogens is 241 g/mol. The maximum Gasteiger partial charge on any atom is 0.168 e. The number of halogens is 1. The van der Waals surface area contributed by atoms with E-state index in [0.29, 0.717) is 11.8 Å². The summed E-state index contributed by atoms with van der Waals surface area (Å²) in [6.45, 7) is 5.41. The molecule has 106 valence electrons. The first kappa shape index (κ1) is 14.3. The van der Waals surface area contributed by atoms with E-state index < -0.39 is 0 Å². The number of hydrogen-bond donors (Lipinski definition) is 1. The van der Waals surface area contributed by atoms with Crippen LogP contribution in [0.25, 0.3) is 0 Å². The summed E-state index contributed by atoms with van der Waals surface area (Å²) < 4.78 is 19.3. The van der Waals surface area contributed by atoms with Crippen molar-refractivity contribution in [2.45, 2.75) is 45.6 Å². The molecule has 1 fully saturated rings. The zero-order valence-electron chi connectivity index (χ0n) is 12.1. The van der Waals surface area contributed by atoms with Crippen molar-refractivity contribution >= 4 is 0 Å². The first-order valence-electron chi connectivity index (χ1n) is 7.13. The van der Waals surface area contributed by atoms with Gasteiger partial charge in [0, 0.05) is 6.04 Å². The molecule has 0 saturated heterocycles. The first-order chi connectivity index (χ1) is 9.08. The van der Waals surface area contributed by atoms with E-state index in [1.807, 2.05) is 12.1 Å². The van der Waals surface area contributed by atoms with Crippen molar-refractivity contribution in [3.8, 4) is 5.75 Å². The van der Waals surface area contributed by atoms with E-state index in [1.165, 1.54) is 13.5 Å². The fraction of sp³-hybridized carbons (Fsp3) is 0.625. The van der Waals surface area contributed by atoms with Crippen LogP contribution in [0.3, 0.4) is 0 Å². The average Bonchev–Trinajstić information content (AvgIpc) is 2.74. The van der Waals surface area contributed by atoms with Gasteiger partial charge in [-0.3, -0.25) is 0 Å². The minimum Gasteiger partial charge on any atom is -0.494 e. The highest BCUT2D eigenvalue weighted by atomic mass is 19.1. The molecule has 1 aromatic carbocycles. The third kappa shape index (κ3) is 3.27. The number of methoxy groups -OCH3 is 1. The molecule has 0 spiro atoms. The monoisotopic (exact) mass is 265 g/mol. The minimum atomic E-state index is -0.196. The second kappa shape index (κ2) is 5.91. The van der Waals surface area contributed by atoms with Crippen LogP contribution >= 0.6 is 0 Å². The predicted molar refractivity (Wildman–Crippen MR) is 76.1 cm³/mol. The van der Waals surface area contributed by atoms with Crippen LogP contribution in [0.15, 0.2) is 18.2 Å². The van der Waals surface area contributed by atoms with Gasteiger partial charge in [0.05, 0.1) is 7.11 Å². The molecule has 1 aromatic rings. The molecule has 3 heteroatoms. The molecular formula is C16H24FNO. The van der Waals surface area contributed by atoms with E-state index in [1.54, 1.807) is 6.07 Å². The first-order valence-corrected chi connectivity index (χ1v) is 7.13. The molecule has 0 radical (unpaired) electrons. The van der Waals surface area contributed by atoms with Crippen LogP contribution in [-0.4, -0.2) is 19.7 Å². The Morgan fingerprint density at radius 2 is 2.26 bits per heavy atom. The fourth-order valence-electron chi connectivity index (χ4n) is 3.26. The largest absolute Gasteiger partial charge is 0.494 e. The van der Waals surface area contributed by atoms with Crippen molar-refractivity contribution in [1.82, 2.24) is 5.32 Å². The third-order valence-electron chi connectivity index (χ3n) is 4.21. The van der Waals surface area contributed by atoms with E-state index in [2.05, 4.69) is 19.2 Å². The van der Waals surface area contributed by atoms with E-state index in [0.717, 1.165) is 31.4 Å². The maximum atomic E-state index is 14.2. The van der Waals surface area contributed by atoms with E-state index in [4.69, 9.17) is 4.74 Å². The van der Waals surface area contributed by atoms with Crippen LogP contribution in [0.1, 0.15) is 38.7 Å². The molecule has 2 unspecified atom stereocenters. The van der Waals surface area contributed by atoms with Gasteiger partial charge in [-0.1, -0.05) is 26.0 Å². The normalized spacial score (nSPS) is 26.6. The predicted octanol–water partition coefficient (Wildman–Crippen LogP) is 3.55. The molecule has 1 aliphatic rings. The highest BCUT2D eigenvalue weighted by Gasteiger charge is 2.35. The summed E-state index contributed by atoms with van der Waals surface area (Å²) in [5, 5.41) is 3.50. The molecule has 1 N–H and O–H groups in total. The molecule has 2 rings (SSSR count). The van der Waals surface area contributed by atoms with Crippen LogP contribution in [0.5, 0.6) is 5.75 Å². The van der Waals surface area contributed by atoms with Gasteiger partial charge in [0.15, 0.2) is 11.6 Å². The third-order valence-corrected chi connectivity index (χ3v) is 4.21. The van der Waals surface area contributed by atoms with Crippen molar-refractivity contribution < 1.29 is 9.13 Å². The van der Waals surface area contributed by atoms with Gasteiger partial charge in [-0.2, -0.15) is 0 Å². The van der Waals surface area contributed by atoms with Gasteiger partial charge < -0.3 is 10.1 Å². The SMILES string of the molecule is CCNC1CCC(C)(Cc2cccc(OC)c2F)C1. The lowest BCUT2D eigenvalue weighted by Crippen LogP contribution is -2.28. The summed E-state index contributed by atoms with van der Waals surface area (Å²) in [6.07, 6.45) is 4.26. The molecule has 2 atom stereocenters. The lowest BCUT2D eigenvalue weighted by atomic mass is 9.81. The van der Waals surface area contributed by atoms with E-state index in [-0.39, 0.29) is 11.2 Å². The summed E-state index contributed by atoms with van der Waals surface area (Å²) in [7, 11) is 1.51. The van der Waals surface area contributed by atoms with Gasteiger partial charge in [0.2, 0.25) is 0 Å². The molecule has 19 heavy (non-hydrogen) atoms. The topological polar surface area (TPSA) is 21.3 Å². The van der Waals surface area contributed by atoms with Crippen LogP contribution in [-0.2, 0) is 6.42 Å². The average molecular weight is 265 g/mol. The van der Waals surface area contributed by atoms with Gasteiger partial charge in [0.1, 0.15) is 0 Å².